The Morgan fingerprint density at radius 1 is 1.17 bits per heavy atom. The van der Waals surface area contributed by atoms with Crippen molar-refractivity contribution in [3.8, 4) is 5.75 Å². The van der Waals surface area contributed by atoms with Crippen molar-refractivity contribution in [3.05, 3.63) is 65.7 Å². The summed E-state index contributed by atoms with van der Waals surface area (Å²) in [7, 11) is 1.65. The Hall–Kier alpha value is -1.59. The standard InChI is InChI=1S/C19H23NO3.ClH/c1-3-20-13-14-23-19(21,16-7-5-4-6-8-16)18(20)15-9-11-17(22-2)12-10-15;/h4-12,18,21H,3,13-14H2,1-2H3;1H. The molecule has 1 heterocycles. The van der Waals surface area contributed by atoms with E-state index in [-0.39, 0.29) is 18.4 Å². The third-order valence-corrected chi connectivity index (χ3v) is 4.46. The van der Waals surface area contributed by atoms with E-state index in [0.717, 1.165) is 30.0 Å². The quantitative estimate of drug-likeness (QED) is 0.919. The van der Waals surface area contributed by atoms with E-state index in [2.05, 4.69) is 11.8 Å². The zero-order valence-corrected chi connectivity index (χ0v) is 14.8. The summed E-state index contributed by atoms with van der Waals surface area (Å²) in [5, 5.41) is 11.4. The van der Waals surface area contributed by atoms with Crippen LogP contribution in [0, 0.1) is 0 Å². The van der Waals surface area contributed by atoms with Gasteiger partial charge in [-0.15, -0.1) is 12.4 Å². The zero-order valence-electron chi connectivity index (χ0n) is 14.0. The number of aliphatic hydroxyl groups is 1. The van der Waals surface area contributed by atoms with Crippen LogP contribution in [-0.4, -0.2) is 36.8 Å². The Morgan fingerprint density at radius 3 is 2.42 bits per heavy atom. The summed E-state index contributed by atoms with van der Waals surface area (Å²) < 4.78 is 11.1. The van der Waals surface area contributed by atoms with Crippen molar-refractivity contribution in [2.24, 2.45) is 0 Å². The highest BCUT2D eigenvalue weighted by molar-refractivity contribution is 5.85. The van der Waals surface area contributed by atoms with E-state index in [0.29, 0.717) is 6.61 Å². The van der Waals surface area contributed by atoms with Crippen LogP contribution in [0.4, 0.5) is 0 Å². The molecule has 130 valence electrons. The fourth-order valence-corrected chi connectivity index (χ4v) is 3.26. The van der Waals surface area contributed by atoms with Gasteiger partial charge in [0.25, 0.3) is 0 Å². The van der Waals surface area contributed by atoms with Gasteiger partial charge in [-0.3, -0.25) is 4.90 Å². The van der Waals surface area contributed by atoms with Gasteiger partial charge in [0.2, 0.25) is 5.79 Å². The normalized spacial score (nSPS) is 24.2. The SMILES string of the molecule is CCN1CCOC(O)(c2ccccc2)C1c1ccc(OC)cc1.Cl. The monoisotopic (exact) mass is 349 g/mol. The van der Waals surface area contributed by atoms with Crippen LogP contribution in [0.15, 0.2) is 54.6 Å². The van der Waals surface area contributed by atoms with Gasteiger partial charge in [-0.1, -0.05) is 49.4 Å². The van der Waals surface area contributed by atoms with Gasteiger partial charge in [0.15, 0.2) is 0 Å². The molecule has 0 spiro atoms. The van der Waals surface area contributed by atoms with Crippen LogP contribution in [0.1, 0.15) is 24.1 Å². The molecule has 1 aliphatic heterocycles. The maximum atomic E-state index is 11.4. The van der Waals surface area contributed by atoms with Crippen LogP contribution >= 0.6 is 12.4 Å². The number of halogens is 1. The summed E-state index contributed by atoms with van der Waals surface area (Å²) in [5.74, 6) is -0.554. The van der Waals surface area contributed by atoms with Gasteiger partial charge in [-0.05, 0) is 24.2 Å². The van der Waals surface area contributed by atoms with E-state index >= 15 is 0 Å². The Labute approximate surface area is 149 Å². The van der Waals surface area contributed by atoms with Crippen molar-refractivity contribution in [3.63, 3.8) is 0 Å². The summed E-state index contributed by atoms with van der Waals surface area (Å²) in [6.45, 7) is 4.25. The van der Waals surface area contributed by atoms with Crippen LogP contribution in [0.3, 0.4) is 0 Å². The zero-order chi connectivity index (χ0) is 16.3. The van der Waals surface area contributed by atoms with Gasteiger partial charge in [-0.2, -0.15) is 0 Å². The molecule has 3 rings (SSSR count). The van der Waals surface area contributed by atoms with E-state index in [1.165, 1.54) is 0 Å². The first kappa shape index (κ1) is 18.7. The average molecular weight is 350 g/mol. The van der Waals surface area contributed by atoms with E-state index in [1.807, 2.05) is 54.6 Å². The Bertz CT molecular complexity index is 635. The molecule has 0 saturated carbocycles. The molecule has 0 aliphatic carbocycles. The summed E-state index contributed by atoms with van der Waals surface area (Å²) in [4.78, 5) is 2.25. The van der Waals surface area contributed by atoms with Crippen molar-refractivity contribution in [2.75, 3.05) is 26.8 Å². The molecule has 2 aromatic rings. The Morgan fingerprint density at radius 2 is 1.83 bits per heavy atom. The molecule has 4 nitrogen and oxygen atoms in total. The lowest BCUT2D eigenvalue weighted by molar-refractivity contribution is -0.281. The smallest absolute Gasteiger partial charge is 0.212 e. The summed E-state index contributed by atoms with van der Waals surface area (Å²) in [6.07, 6.45) is 0. The molecule has 0 amide bonds. The van der Waals surface area contributed by atoms with Gasteiger partial charge in [0.1, 0.15) is 5.75 Å². The second-order valence-corrected chi connectivity index (χ2v) is 5.72. The molecule has 1 aliphatic rings. The van der Waals surface area contributed by atoms with Gasteiger partial charge in [0.05, 0.1) is 19.8 Å². The van der Waals surface area contributed by atoms with Crippen molar-refractivity contribution in [2.45, 2.75) is 18.8 Å². The van der Waals surface area contributed by atoms with Crippen molar-refractivity contribution in [1.29, 1.82) is 0 Å². The third-order valence-electron chi connectivity index (χ3n) is 4.46. The van der Waals surface area contributed by atoms with Crippen molar-refractivity contribution >= 4 is 12.4 Å². The lowest BCUT2D eigenvalue weighted by atomic mass is 9.89. The molecule has 0 bridgehead atoms. The second kappa shape index (κ2) is 7.99. The number of likely N-dealkylation sites (N-methyl/N-ethyl adjacent to an activating group) is 1. The molecule has 1 fully saturated rings. The fourth-order valence-electron chi connectivity index (χ4n) is 3.26. The van der Waals surface area contributed by atoms with E-state index in [1.54, 1.807) is 7.11 Å². The number of morpholine rings is 1. The lowest BCUT2D eigenvalue weighted by Gasteiger charge is -2.46. The van der Waals surface area contributed by atoms with Crippen molar-refractivity contribution < 1.29 is 14.6 Å². The molecule has 2 atom stereocenters. The minimum atomic E-state index is -1.36. The minimum absolute atomic E-state index is 0. The molecular weight excluding hydrogens is 326 g/mol. The molecule has 1 saturated heterocycles. The number of benzene rings is 2. The second-order valence-electron chi connectivity index (χ2n) is 5.72. The van der Waals surface area contributed by atoms with Crippen LogP contribution in [0.25, 0.3) is 0 Å². The van der Waals surface area contributed by atoms with E-state index in [4.69, 9.17) is 9.47 Å². The molecule has 2 aromatic carbocycles. The molecule has 1 N–H and O–H groups in total. The molecular formula is C19H24ClNO3. The third kappa shape index (κ3) is 3.42. The van der Waals surface area contributed by atoms with Crippen LogP contribution in [-0.2, 0) is 10.5 Å². The molecule has 0 radical (unpaired) electrons. The van der Waals surface area contributed by atoms with E-state index in [9.17, 15) is 5.11 Å². The largest absolute Gasteiger partial charge is 0.497 e. The number of rotatable bonds is 4. The van der Waals surface area contributed by atoms with Crippen LogP contribution in [0.2, 0.25) is 0 Å². The minimum Gasteiger partial charge on any atom is -0.497 e. The van der Waals surface area contributed by atoms with Crippen LogP contribution in [0.5, 0.6) is 5.75 Å². The Kier molecular flexibility index (Phi) is 6.24. The predicted octanol–water partition coefficient (Wildman–Crippen LogP) is 3.36. The maximum Gasteiger partial charge on any atom is 0.212 e. The predicted molar refractivity (Wildman–Crippen MR) is 96.5 cm³/mol. The number of ether oxygens (including phenoxy) is 2. The van der Waals surface area contributed by atoms with Gasteiger partial charge < -0.3 is 14.6 Å². The average Bonchev–Trinajstić information content (AvgIpc) is 2.62. The maximum absolute atomic E-state index is 11.4. The van der Waals surface area contributed by atoms with E-state index < -0.39 is 5.79 Å². The van der Waals surface area contributed by atoms with Crippen LogP contribution < -0.4 is 4.74 Å². The molecule has 2 unspecified atom stereocenters. The summed E-state index contributed by atoms with van der Waals surface area (Å²) in [6, 6.07) is 17.2. The number of methoxy groups -OCH3 is 1. The molecule has 24 heavy (non-hydrogen) atoms. The number of nitrogens with zero attached hydrogens (tertiary/aromatic N) is 1. The summed E-state index contributed by atoms with van der Waals surface area (Å²) in [5.41, 5.74) is 1.79. The lowest BCUT2D eigenvalue weighted by Crippen LogP contribution is -2.52. The highest BCUT2D eigenvalue weighted by Crippen LogP contribution is 2.43. The number of hydrogen-bond acceptors (Lipinski definition) is 4. The number of hydrogen-bond donors (Lipinski definition) is 1. The fraction of sp³-hybridized carbons (Fsp3) is 0.368. The molecule has 5 heteroatoms. The topological polar surface area (TPSA) is 41.9 Å². The van der Waals surface area contributed by atoms with Crippen molar-refractivity contribution in [1.82, 2.24) is 4.90 Å². The summed E-state index contributed by atoms with van der Waals surface area (Å²) >= 11 is 0. The van der Waals surface area contributed by atoms with Gasteiger partial charge in [0, 0.05) is 12.1 Å². The first-order chi connectivity index (χ1) is 11.2. The van der Waals surface area contributed by atoms with Gasteiger partial charge in [-0.25, -0.2) is 0 Å². The highest BCUT2D eigenvalue weighted by Gasteiger charge is 2.46. The molecule has 0 aromatic heterocycles. The highest BCUT2D eigenvalue weighted by atomic mass is 35.5. The Balaban J connectivity index is 0.00000208. The first-order valence-electron chi connectivity index (χ1n) is 7.99. The van der Waals surface area contributed by atoms with Gasteiger partial charge >= 0.3 is 0 Å². The first-order valence-corrected chi connectivity index (χ1v) is 7.99.